The number of piperidine rings is 1. The summed E-state index contributed by atoms with van der Waals surface area (Å²) < 4.78 is 5.73. The molecule has 25 heavy (non-hydrogen) atoms. The molecule has 1 aromatic heterocycles. The Hall–Kier alpha value is -2.22. The van der Waals surface area contributed by atoms with Gasteiger partial charge in [-0.3, -0.25) is 4.79 Å². The molecule has 1 aromatic carbocycles. The Morgan fingerprint density at radius 2 is 1.92 bits per heavy atom. The highest BCUT2D eigenvalue weighted by molar-refractivity contribution is 6.35. The molecule has 4 nitrogen and oxygen atoms in total. The normalized spacial score (nSPS) is 15.1. The van der Waals surface area contributed by atoms with E-state index < -0.39 is 0 Å². The molecule has 0 spiro atoms. The molecular weight excluding hydrogens is 359 g/mol. The van der Waals surface area contributed by atoms with Crippen LogP contribution in [0.2, 0.25) is 10.0 Å². The number of carbonyl (C=O) groups is 1. The summed E-state index contributed by atoms with van der Waals surface area (Å²) in [5.74, 6) is 0.704. The van der Waals surface area contributed by atoms with Gasteiger partial charge in [-0.05, 0) is 49.6 Å². The van der Waals surface area contributed by atoms with Gasteiger partial charge in [0.2, 0.25) is 0 Å². The summed E-state index contributed by atoms with van der Waals surface area (Å²) in [6, 6.07) is 10.5. The Kier molecular flexibility index (Phi) is 5.47. The highest BCUT2D eigenvalue weighted by Gasteiger charge is 2.20. The highest BCUT2D eigenvalue weighted by Crippen LogP contribution is 2.32. The Morgan fingerprint density at radius 1 is 1.16 bits per heavy atom. The number of rotatable bonds is 3. The molecule has 1 aliphatic heterocycles. The van der Waals surface area contributed by atoms with Crippen LogP contribution in [-0.4, -0.2) is 23.9 Å². The van der Waals surface area contributed by atoms with Gasteiger partial charge in [0.25, 0.3) is 5.91 Å². The SMILES string of the molecule is N#CC(=Cc1ccc(-c2cc(Cl)ccc2Cl)o1)C(=O)N1CCCCC1. The fourth-order valence-corrected chi connectivity index (χ4v) is 3.20. The maximum absolute atomic E-state index is 12.5. The molecule has 0 N–H and O–H groups in total. The quantitative estimate of drug-likeness (QED) is 0.549. The average molecular weight is 375 g/mol. The molecule has 1 saturated heterocycles. The third kappa shape index (κ3) is 4.07. The van der Waals surface area contributed by atoms with Crippen molar-refractivity contribution in [2.75, 3.05) is 13.1 Å². The molecule has 2 aromatic rings. The predicted octanol–water partition coefficient (Wildman–Crippen LogP) is 5.17. The molecule has 0 atom stereocenters. The van der Waals surface area contributed by atoms with Crippen molar-refractivity contribution in [2.24, 2.45) is 0 Å². The molecule has 0 radical (unpaired) electrons. The van der Waals surface area contributed by atoms with Crippen LogP contribution in [0.15, 0.2) is 40.3 Å². The molecule has 1 aliphatic rings. The lowest BCUT2D eigenvalue weighted by molar-refractivity contribution is -0.127. The zero-order valence-electron chi connectivity index (χ0n) is 13.5. The molecule has 0 bridgehead atoms. The van der Waals surface area contributed by atoms with E-state index in [1.54, 1.807) is 35.2 Å². The van der Waals surface area contributed by atoms with Crippen LogP contribution in [0.3, 0.4) is 0 Å². The fraction of sp³-hybridized carbons (Fsp3) is 0.263. The van der Waals surface area contributed by atoms with Gasteiger partial charge in [0.15, 0.2) is 0 Å². The second kappa shape index (κ2) is 7.77. The van der Waals surface area contributed by atoms with E-state index in [0.29, 0.717) is 40.2 Å². The van der Waals surface area contributed by atoms with E-state index in [1.807, 2.05) is 6.07 Å². The van der Waals surface area contributed by atoms with E-state index in [0.717, 1.165) is 19.3 Å². The Balaban J connectivity index is 1.85. The Bertz CT molecular complexity index is 859. The van der Waals surface area contributed by atoms with Crippen molar-refractivity contribution in [1.82, 2.24) is 4.90 Å². The Labute approximate surface area is 156 Å². The third-order valence-corrected chi connectivity index (χ3v) is 4.67. The van der Waals surface area contributed by atoms with E-state index in [1.165, 1.54) is 6.08 Å². The fourth-order valence-electron chi connectivity index (χ4n) is 2.81. The second-order valence-corrected chi connectivity index (χ2v) is 6.69. The van der Waals surface area contributed by atoms with Crippen molar-refractivity contribution in [3.63, 3.8) is 0 Å². The molecule has 0 unspecified atom stereocenters. The lowest BCUT2D eigenvalue weighted by Crippen LogP contribution is -2.36. The first-order valence-electron chi connectivity index (χ1n) is 8.05. The lowest BCUT2D eigenvalue weighted by Gasteiger charge is -2.26. The number of hydrogen-bond donors (Lipinski definition) is 0. The van der Waals surface area contributed by atoms with Crippen LogP contribution < -0.4 is 0 Å². The first-order valence-corrected chi connectivity index (χ1v) is 8.80. The van der Waals surface area contributed by atoms with Gasteiger partial charge >= 0.3 is 0 Å². The summed E-state index contributed by atoms with van der Waals surface area (Å²) in [6.07, 6.45) is 4.54. The van der Waals surface area contributed by atoms with Crippen molar-refractivity contribution in [3.05, 3.63) is 51.7 Å². The first kappa shape index (κ1) is 17.6. The summed E-state index contributed by atoms with van der Waals surface area (Å²) in [4.78, 5) is 14.2. The summed E-state index contributed by atoms with van der Waals surface area (Å²) >= 11 is 12.2. The van der Waals surface area contributed by atoms with E-state index >= 15 is 0 Å². The van der Waals surface area contributed by atoms with Crippen LogP contribution in [0.1, 0.15) is 25.0 Å². The van der Waals surface area contributed by atoms with Gasteiger partial charge in [-0.2, -0.15) is 5.26 Å². The van der Waals surface area contributed by atoms with Crippen molar-refractivity contribution in [2.45, 2.75) is 19.3 Å². The number of furan rings is 1. The molecule has 6 heteroatoms. The third-order valence-electron chi connectivity index (χ3n) is 4.10. The van der Waals surface area contributed by atoms with Crippen LogP contribution >= 0.6 is 23.2 Å². The van der Waals surface area contributed by atoms with Crippen LogP contribution in [0.5, 0.6) is 0 Å². The van der Waals surface area contributed by atoms with Crippen LogP contribution in [-0.2, 0) is 4.79 Å². The van der Waals surface area contributed by atoms with Gasteiger partial charge in [0, 0.05) is 29.8 Å². The minimum Gasteiger partial charge on any atom is -0.457 e. The summed E-state index contributed by atoms with van der Waals surface area (Å²) in [6.45, 7) is 1.39. The lowest BCUT2D eigenvalue weighted by atomic mass is 10.1. The van der Waals surface area contributed by atoms with Gasteiger partial charge in [-0.25, -0.2) is 0 Å². The molecule has 128 valence electrons. The maximum Gasteiger partial charge on any atom is 0.264 e. The summed E-state index contributed by atoms with van der Waals surface area (Å²) in [7, 11) is 0. The zero-order chi connectivity index (χ0) is 17.8. The van der Waals surface area contributed by atoms with Gasteiger partial charge in [-0.1, -0.05) is 23.2 Å². The standard InChI is InChI=1S/C19H16Cl2N2O2/c20-14-4-6-17(21)16(11-14)18-7-5-15(25-18)10-13(12-22)19(24)23-8-2-1-3-9-23/h4-7,10-11H,1-3,8-9H2. The minimum atomic E-state index is -0.249. The highest BCUT2D eigenvalue weighted by atomic mass is 35.5. The predicted molar refractivity (Wildman–Crippen MR) is 98.2 cm³/mol. The number of hydrogen-bond acceptors (Lipinski definition) is 3. The molecule has 2 heterocycles. The van der Waals surface area contributed by atoms with Crippen LogP contribution in [0, 0.1) is 11.3 Å². The number of amides is 1. The van der Waals surface area contributed by atoms with Gasteiger partial charge in [0.05, 0.1) is 5.02 Å². The number of benzene rings is 1. The average Bonchev–Trinajstić information content (AvgIpc) is 3.10. The number of halogens is 2. The zero-order valence-corrected chi connectivity index (χ0v) is 15.0. The maximum atomic E-state index is 12.5. The van der Waals surface area contributed by atoms with Crippen LogP contribution in [0.25, 0.3) is 17.4 Å². The smallest absolute Gasteiger partial charge is 0.264 e. The van der Waals surface area contributed by atoms with Gasteiger partial charge in [0.1, 0.15) is 23.2 Å². The van der Waals surface area contributed by atoms with Crippen molar-refractivity contribution in [1.29, 1.82) is 5.26 Å². The largest absolute Gasteiger partial charge is 0.457 e. The first-order chi connectivity index (χ1) is 12.1. The van der Waals surface area contributed by atoms with Crippen molar-refractivity contribution < 1.29 is 9.21 Å². The molecule has 1 fully saturated rings. The number of nitrogens with zero attached hydrogens (tertiary/aromatic N) is 2. The second-order valence-electron chi connectivity index (χ2n) is 5.85. The van der Waals surface area contributed by atoms with Crippen LogP contribution in [0.4, 0.5) is 0 Å². The molecule has 0 aliphatic carbocycles. The van der Waals surface area contributed by atoms with E-state index in [4.69, 9.17) is 27.6 Å². The summed E-state index contributed by atoms with van der Waals surface area (Å²) in [5, 5.41) is 10.4. The topological polar surface area (TPSA) is 57.2 Å². The van der Waals surface area contributed by atoms with E-state index in [-0.39, 0.29) is 11.5 Å². The van der Waals surface area contributed by atoms with Crippen molar-refractivity contribution >= 4 is 35.2 Å². The molecule has 3 rings (SSSR count). The number of nitriles is 1. The Morgan fingerprint density at radius 3 is 2.64 bits per heavy atom. The van der Waals surface area contributed by atoms with E-state index in [9.17, 15) is 10.1 Å². The van der Waals surface area contributed by atoms with Crippen molar-refractivity contribution in [3.8, 4) is 17.4 Å². The van der Waals surface area contributed by atoms with Gasteiger partial charge < -0.3 is 9.32 Å². The molecule has 0 saturated carbocycles. The van der Waals surface area contributed by atoms with Gasteiger partial charge in [-0.15, -0.1) is 0 Å². The molecular formula is C19H16Cl2N2O2. The monoisotopic (exact) mass is 374 g/mol. The van der Waals surface area contributed by atoms with E-state index in [2.05, 4.69) is 0 Å². The number of carbonyl (C=O) groups excluding carboxylic acids is 1. The number of likely N-dealkylation sites (tertiary alicyclic amines) is 1. The minimum absolute atomic E-state index is 0.0694. The summed E-state index contributed by atoms with van der Waals surface area (Å²) in [5.41, 5.74) is 0.731. The molecule has 1 amide bonds.